The fraction of sp³-hybridized carbons (Fsp3) is 0.500. The molecule has 1 aliphatic rings. The van der Waals surface area contributed by atoms with Crippen molar-refractivity contribution in [3.05, 3.63) is 23.2 Å². The number of aromatic nitrogens is 1. The van der Waals surface area contributed by atoms with Crippen molar-refractivity contribution in [3.63, 3.8) is 0 Å². The van der Waals surface area contributed by atoms with Gasteiger partial charge in [-0.15, -0.1) is 0 Å². The molecule has 0 aliphatic carbocycles. The van der Waals surface area contributed by atoms with E-state index in [1.165, 1.54) is 7.11 Å². The molecule has 1 N–H and O–H groups in total. The van der Waals surface area contributed by atoms with Crippen LogP contribution in [0, 0.1) is 5.92 Å². The first kappa shape index (κ1) is 18.5. The summed E-state index contributed by atoms with van der Waals surface area (Å²) in [4.78, 5) is 29.7. The van der Waals surface area contributed by atoms with Crippen molar-refractivity contribution in [3.8, 4) is 0 Å². The summed E-state index contributed by atoms with van der Waals surface area (Å²) in [6.07, 6.45) is 2.56. The van der Waals surface area contributed by atoms with Crippen LogP contribution in [0.15, 0.2) is 22.6 Å². The minimum absolute atomic E-state index is 0.0508. The molecule has 7 nitrogen and oxygen atoms in total. The molecule has 0 spiro atoms. The predicted octanol–water partition coefficient (Wildman–Crippen LogP) is 2.77. The molecule has 26 heavy (non-hydrogen) atoms. The minimum atomic E-state index is -0.329. The van der Waals surface area contributed by atoms with Gasteiger partial charge in [0.2, 0.25) is 5.91 Å². The molecule has 2 aromatic rings. The molecule has 140 valence electrons. The van der Waals surface area contributed by atoms with Gasteiger partial charge < -0.3 is 19.4 Å². The van der Waals surface area contributed by atoms with Crippen LogP contribution in [0.5, 0.6) is 0 Å². The van der Waals surface area contributed by atoms with Gasteiger partial charge in [-0.25, -0.2) is 0 Å². The Labute approximate surface area is 156 Å². The fourth-order valence-electron chi connectivity index (χ4n) is 3.17. The second-order valence-corrected chi connectivity index (χ2v) is 6.88. The number of carbonyl (C=O) groups excluding carboxylic acids is 2. The highest BCUT2D eigenvalue weighted by Gasteiger charge is 2.25. The zero-order valence-electron chi connectivity index (χ0n) is 14.7. The van der Waals surface area contributed by atoms with E-state index >= 15 is 0 Å². The smallest absolute Gasteiger partial charge is 0.307 e. The molecule has 0 radical (unpaired) electrons. The number of fused-ring (bicyclic) bond motifs is 1. The summed E-state index contributed by atoms with van der Waals surface area (Å²) >= 11 is 5.99. The third-order valence-corrected chi connectivity index (χ3v) is 4.72. The Kier molecular flexibility index (Phi) is 5.98. The van der Waals surface area contributed by atoms with Gasteiger partial charge in [0.05, 0.1) is 13.5 Å². The number of nitrogens with zero attached hydrogens (tertiary/aromatic N) is 2. The Balaban J connectivity index is 1.54. The number of hydrogen-bond acceptors (Lipinski definition) is 6. The standard InChI is InChI=1S/C18H22ClN3O4/c1-25-17(24)6-7-20-16(23)9-12-3-2-8-22(11-12)18-21-14-5-4-13(19)10-15(14)26-18/h4-5,10,12H,2-3,6-9,11H2,1H3,(H,20,23). The molecule has 0 saturated carbocycles. The van der Waals surface area contributed by atoms with Crippen molar-refractivity contribution in [2.75, 3.05) is 31.6 Å². The first-order valence-electron chi connectivity index (χ1n) is 8.69. The highest BCUT2D eigenvalue weighted by Crippen LogP contribution is 2.28. The second kappa shape index (κ2) is 8.40. The lowest BCUT2D eigenvalue weighted by molar-refractivity contribution is -0.140. The number of rotatable bonds is 6. The summed E-state index contributed by atoms with van der Waals surface area (Å²) in [5.74, 6) is -0.157. The van der Waals surface area contributed by atoms with Gasteiger partial charge in [0.1, 0.15) is 5.52 Å². The van der Waals surface area contributed by atoms with Crippen molar-refractivity contribution in [1.82, 2.24) is 10.3 Å². The molecule has 1 aliphatic heterocycles. The normalized spacial score (nSPS) is 17.3. The van der Waals surface area contributed by atoms with E-state index in [1.807, 2.05) is 6.07 Å². The molecule has 1 aromatic carbocycles. The number of esters is 1. The van der Waals surface area contributed by atoms with Crippen LogP contribution in [0.4, 0.5) is 6.01 Å². The third-order valence-electron chi connectivity index (χ3n) is 4.48. The van der Waals surface area contributed by atoms with E-state index in [2.05, 4.69) is 19.9 Å². The van der Waals surface area contributed by atoms with Crippen LogP contribution in [-0.2, 0) is 14.3 Å². The molecule has 1 atom stereocenters. The Morgan fingerprint density at radius 3 is 3.12 bits per heavy atom. The molecule has 0 bridgehead atoms. The fourth-order valence-corrected chi connectivity index (χ4v) is 3.33. The zero-order valence-corrected chi connectivity index (χ0v) is 15.4. The van der Waals surface area contributed by atoms with Crippen LogP contribution in [-0.4, -0.2) is 43.6 Å². The van der Waals surface area contributed by atoms with Gasteiger partial charge >= 0.3 is 5.97 Å². The molecular formula is C18H22ClN3O4. The van der Waals surface area contributed by atoms with E-state index in [-0.39, 0.29) is 24.2 Å². The lowest BCUT2D eigenvalue weighted by Crippen LogP contribution is -2.38. The van der Waals surface area contributed by atoms with Crippen LogP contribution in [0.3, 0.4) is 0 Å². The molecule has 1 amide bonds. The summed E-state index contributed by atoms with van der Waals surface area (Å²) in [6.45, 7) is 1.86. The monoisotopic (exact) mass is 379 g/mol. The van der Waals surface area contributed by atoms with Gasteiger partial charge in [0, 0.05) is 37.1 Å². The lowest BCUT2D eigenvalue weighted by atomic mass is 9.94. The topological polar surface area (TPSA) is 84.7 Å². The van der Waals surface area contributed by atoms with Gasteiger partial charge in [0.15, 0.2) is 5.58 Å². The molecule has 2 heterocycles. The van der Waals surface area contributed by atoms with Crippen molar-refractivity contribution >= 4 is 40.6 Å². The number of anilines is 1. The quantitative estimate of drug-likeness (QED) is 0.777. The SMILES string of the molecule is COC(=O)CCNC(=O)CC1CCCN(c2nc3ccc(Cl)cc3o2)C1. The number of benzene rings is 1. The molecule has 1 unspecified atom stereocenters. The van der Waals surface area contributed by atoms with E-state index in [4.69, 9.17) is 16.0 Å². The number of hydrogen-bond donors (Lipinski definition) is 1. The van der Waals surface area contributed by atoms with Crippen molar-refractivity contribution in [2.24, 2.45) is 5.92 Å². The number of piperidine rings is 1. The van der Waals surface area contributed by atoms with Crippen molar-refractivity contribution in [2.45, 2.75) is 25.7 Å². The number of nitrogens with one attached hydrogen (secondary N) is 1. The minimum Gasteiger partial charge on any atom is -0.469 e. The van der Waals surface area contributed by atoms with Crippen LogP contribution < -0.4 is 10.2 Å². The number of amides is 1. The van der Waals surface area contributed by atoms with Gasteiger partial charge in [-0.3, -0.25) is 9.59 Å². The Morgan fingerprint density at radius 2 is 2.31 bits per heavy atom. The molecule has 8 heteroatoms. The van der Waals surface area contributed by atoms with Gasteiger partial charge in [-0.05, 0) is 30.9 Å². The number of ether oxygens (including phenoxy) is 1. The maximum atomic E-state index is 12.1. The van der Waals surface area contributed by atoms with E-state index in [0.717, 1.165) is 24.9 Å². The Bertz CT molecular complexity index is 792. The summed E-state index contributed by atoms with van der Waals surface area (Å²) in [5.41, 5.74) is 1.43. The van der Waals surface area contributed by atoms with Gasteiger partial charge in [-0.1, -0.05) is 11.6 Å². The summed E-state index contributed by atoms with van der Waals surface area (Å²) in [7, 11) is 1.33. The number of oxazole rings is 1. The third kappa shape index (κ3) is 4.66. The summed E-state index contributed by atoms with van der Waals surface area (Å²) < 4.78 is 10.4. The Morgan fingerprint density at radius 1 is 1.46 bits per heavy atom. The number of carbonyl (C=O) groups is 2. The van der Waals surface area contributed by atoms with Crippen LogP contribution in [0.25, 0.3) is 11.1 Å². The predicted molar refractivity (Wildman–Crippen MR) is 98.2 cm³/mol. The molecular weight excluding hydrogens is 358 g/mol. The Hall–Kier alpha value is -2.28. The van der Waals surface area contributed by atoms with Crippen molar-refractivity contribution in [1.29, 1.82) is 0 Å². The first-order chi connectivity index (χ1) is 12.5. The average Bonchev–Trinajstić information content (AvgIpc) is 3.05. The van der Waals surface area contributed by atoms with Crippen LogP contribution in [0.1, 0.15) is 25.7 Å². The van der Waals surface area contributed by atoms with E-state index in [0.29, 0.717) is 36.1 Å². The highest BCUT2D eigenvalue weighted by molar-refractivity contribution is 6.31. The summed E-state index contributed by atoms with van der Waals surface area (Å²) in [6, 6.07) is 5.94. The first-order valence-corrected chi connectivity index (χ1v) is 9.07. The van der Waals surface area contributed by atoms with Crippen molar-refractivity contribution < 1.29 is 18.7 Å². The maximum absolute atomic E-state index is 12.1. The molecule has 1 fully saturated rings. The van der Waals surface area contributed by atoms with E-state index in [9.17, 15) is 9.59 Å². The molecule has 1 aromatic heterocycles. The van der Waals surface area contributed by atoms with E-state index < -0.39 is 0 Å². The number of halogens is 1. The molecule has 1 saturated heterocycles. The van der Waals surface area contributed by atoms with E-state index in [1.54, 1.807) is 12.1 Å². The van der Waals surface area contributed by atoms with Crippen LogP contribution >= 0.6 is 11.6 Å². The molecule has 3 rings (SSSR count). The lowest BCUT2D eigenvalue weighted by Gasteiger charge is -2.31. The second-order valence-electron chi connectivity index (χ2n) is 6.44. The average molecular weight is 380 g/mol. The summed E-state index contributed by atoms with van der Waals surface area (Å²) in [5, 5.41) is 3.38. The number of methoxy groups -OCH3 is 1. The van der Waals surface area contributed by atoms with Crippen LogP contribution in [0.2, 0.25) is 5.02 Å². The maximum Gasteiger partial charge on any atom is 0.307 e. The highest BCUT2D eigenvalue weighted by atomic mass is 35.5. The van der Waals surface area contributed by atoms with Gasteiger partial charge in [0.25, 0.3) is 6.01 Å². The zero-order chi connectivity index (χ0) is 18.5. The van der Waals surface area contributed by atoms with Gasteiger partial charge in [-0.2, -0.15) is 4.98 Å². The largest absolute Gasteiger partial charge is 0.469 e.